The number of rotatable bonds is 6. The van der Waals surface area contributed by atoms with Crippen molar-refractivity contribution in [1.29, 1.82) is 0 Å². The third-order valence-electron chi connectivity index (χ3n) is 3.74. The van der Waals surface area contributed by atoms with Crippen LogP contribution < -0.4 is 0 Å². The number of hydrogen-bond donors (Lipinski definition) is 0. The van der Waals surface area contributed by atoms with Gasteiger partial charge < -0.3 is 4.74 Å². The molecule has 1 heterocycles. The fourth-order valence-electron chi connectivity index (χ4n) is 2.51. The summed E-state index contributed by atoms with van der Waals surface area (Å²) in [5, 5.41) is 9.75. The summed E-state index contributed by atoms with van der Waals surface area (Å²) < 4.78 is 6.79. The van der Waals surface area contributed by atoms with E-state index in [1.807, 2.05) is 0 Å². The smallest absolute Gasteiger partial charge is 0.189 e. The molecule has 0 bridgehead atoms. The first kappa shape index (κ1) is 18.9. The largest absolute Gasteiger partial charge is 0.378 e. The van der Waals surface area contributed by atoms with Gasteiger partial charge in [-0.05, 0) is 48.0 Å². The summed E-state index contributed by atoms with van der Waals surface area (Å²) in [4.78, 5) is 12.8. The van der Waals surface area contributed by atoms with E-state index in [2.05, 4.69) is 10.3 Å². The third-order valence-corrected chi connectivity index (χ3v) is 4.59. The molecule has 0 amide bonds. The van der Waals surface area contributed by atoms with Crippen molar-refractivity contribution in [1.82, 2.24) is 15.0 Å². The second-order valence-corrected chi connectivity index (χ2v) is 6.82. The zero-order valence-corrected chi connectivity index (χ0v) is 16.0. The molecule has 5 nitrogen and oxygen atoms in total. The number of carbonyl (C=O) groups excluding carboxylic acids is 1. The highest BCUT2D eigenvalue weighted by molar-refractivity contribution is 6.33. The second kappa shape index (κ2) is 8.18. The van der Waals surface area contributed by atoms with Crippen LogP contribution in [0.25, 0.3) is 5.69 Å². The van der Waals surface area contributed by atoms with Crippen molar-refractivity contribution < 1.29 is 9.53 Å². The molecule has 3 rings (SSSR count). The number of methoxy groups -OCH3 is 1. The Morgan fingerprint density at radius 1 is 1.08 bits per heavy atom. The van der Waals surface area contributed by atoms with E-state index in [1.54, 1.807) is 54.3 Å². The minimum absolute atomic E-state index is 0.0649. The van der Waals surface area contributed by atoms with Crippen LogP contribution in [-0.4, -0.2) is 27.9 Å². The Morgan fingerprint density at radius 2 is 1.77 bits per heavy atom. The van der Waals surface area contributed by atoms with E-state index in [4.69, 9.17) is 39.5 Å². The molecule has 0 N–H and O–H groups in total. The van der Waals surface area contributed by atoms with Gasteiger partial charge in [0.05, 0.1) is 12.3 Å². The Labute approximate surface area is 165 Å². The van der Waals surface area contributed by atoms with Crippen molar-refractivity contribution in [3.05, 3.63) is 74.5 Å². The Balaban J connectivity index is 1.95. The van der Waals surface area contributed by atoms with Gasteiger partial charge in [-0.1, -0.05) is 40.0 Å². The topological polar surface area (TPSA) is 57.0 Å². The number of nitrogens with zero attached hydrogens (tertiary/aromatic N) is 3. The molecular formula is C18H14Cl3N3O2. The lowest BCUT2D eigenvalue weighted by Crippen LogP contribution is -2.10. The molecule has 0 spiro atoms. The number of aromatic nitrogens is 3. The Kier molecular flexibility index (Phi) is 5.94. The summed E-state index contributed by atoms with van der Waals surface area (Å²) in [6.07, 6.45) is 0.0649. The summed E-state index contributed by atoms with van der Waals surface area (Å²) in [5.41, 5.74) is 2.15. The summed E-state index contributed by atoms with van der Waals surface area (Å²) in [5.74, 6) is -0.221. The van der Waals surface area contributed by atoms with Crippen molar-refractivity contribution in [2.45, 2.75) is 13.0 Å². The molecule has 134 valence electrons. The van der Waals surface area contributed by atoms with Crippen LogP contribution in [0.1, 0.15) is 21.7 Å². The van der Waals surface area contributed by atoms with Crippen LogP contribution in [0.2, 0.25) is 15.1 Å². The van der Waals surface area contributed by atoms with E-state index in [-0.39, 0.29) is 24.5 Å². The molecule has 0 fully saturated rings. The second-order valence-electron chi connectivity index (χ2n) is 5.54. The van der Waals surface area contributed by atoms with E-state index >= 15 is 0 Å². The molecule has 1 aromatic heterocycles. The SMILES string of the molecule is COCc1c(C(=O)Cc2cc(Cl)ccc2Cl)nnn1-c1ccc(Cl)cc1. The van der Waals surface area contributed by atoms with Gasteiger partial charge in [0, 0.05) is 28.6 Å². The number of carbonyl (C=O) groups is 1. The lowest BCUT2D eigenvalue weighted by molar-refractivity contribution is 0.0982. The molecular weight excluding hydrogens is 397 g/mol. The quantitative estimate of drug-likeness (QED) is 0.548. The molecule has 0 aliphatic carbocycles. The van der Waals surface area contributed by atoms with Gasteiger partial charge in [0.25, 0.3) is 0 Å². The lowest BCUT2D eigenvalue weighted by Gasteiger charge is -2.08. The number of halogens is 3. The summed E-state index contributed by atoms with van der Waals surface area (Å²) >= 11 is 18.1. The maximum atomic E-state index is 12.8. The van der Waals surface area contributed by atoms with Crippen LogP contribution in [0, 0.1) is 0 Å². The van der Waals surface area contributed by atoms with Crippen molar-refractivity contribution in [3.8, 4) is 5.69 Å². The minimum atomic E-state index is -0.221. The van der Waals surface area contributed by atoms with Gasteiger partial charge in [-0.15, -0.1) is 5.10 Å². The fraction of sp³-hybridized carbons (Fsp3) is 0.167. The van der Waals surface area contributed by atoms with Crippen molar-refractivity contribution >= 4 is 40.6 Å². The van der Waals surface area contributed by atoms with Crippen LogP contribution in [0.3, 0.4) is 0 Å². The molecule has 0 saturated heterocycles. The summed E-state index contributed by atoms with van der Waals surface area (Å²) in [6, 6.07) is 12.1. The van der Waals surface area contributed by atoms with Gasteiger partial charge in [-0.3, -0.25) is 4.79 Å². The van der Waals surface area contributed by atoms with Crippen LogP contribution in [-0.2, 0) is 17.8 Å². The third kappa shape index (κ3) is 4.07. The van der Waals surface area contributed by atoms with Gasteiger partial charge in [-0.2, -0.15) is 0 Å². The van der Waals surface area contributed by atoms with Gasteiger partial charge in [0.15, 0.2) is 11.5 Å². The molecule has 0 aliphatic heterocycles. The molecule has 0 saturated carbocycles. The zero-order chi connectivity index (χ0) is 18.7. The first-order valence-corrected chi connectivity index (χ1v) is 8.79. The van der Waals surface area contributed by atoms with Gasteiger partial charge in [0.2, 0.25) is 0 Å². The monoisotopic (exact) mass is 409 g/mol. The Morgan fingerprint density at radius 3 is 2.46 bits per heavy atom. The minimum Gasteiger partial charge on any atom is -0.378 e. The standard InChI is InChI=1S/C18H14Cl3N3O2/c1-26-10-16-18(17(25)9-11-8-13(20)4-7-15(11)21)22-23-24(16)14-5-2-12(19)3-6-14/h2-8H,9-10H2,1H3. The van der Waals surface area contributed by atoms with Crippen LogP contribution in [0.4, 0.5) is 0 Å². The molecule has 0 radical (unpaired) electrons. The molecule has 0 unspecified atom stereocenters. The first-order chi connectivity index (χ1) is 12.5. The molecule has 8 heteroatoms. The van der Waals surface area contributed by atoms with Gasteiger partial charge in [-0.25, -0.2) is 4.68 Å². The summed E-state index contributed by atoms with van der Waals surface area (Å²) in [6.45, 7) is 0.181. The highest BCUT2D eigenvalue weighted by Crippen LogP contribution is 2.23. The average molecular weight is 411 g/mol. The maximum Gasteiger partial charge on any atom is 0.189 e. The van der Waals surface area contributed by atoms with Crippen LogP contribution in [0.5, 0.6) is 0 Å². The Bertz CT molecular complexity index is 939. The number of ketones is 1. The maximum absolute atomic E-state index is 12.8. The lowest BCUT2D eigenvalue weighted by atomic mass is 10.1. The molecule has 26 heavy (non-hydrogen) atoms. The highest BCUT2D eigenvalue weighted by Gasteiger charge is 2.21. The zero-order valence-electron chi connectivity index (χ0n) is 13.7. The Hall–Kier alpha value is -1.92. The van der Waals surface area contributed by atoms with Gasteiger partial charge in [0.1, 0.15) is 5.69 Å². The van der Waals surface area contributed by atoms with E-state index < -0.39 is 0 Å². The first-order valence-electron chi connectivity index (χ1n) is 7.66. The number of Topliss-reactive ketones (excluding diaryl/α,β-unsaturated/α-hetero) is 1. The molecule has 2 aromatic carbocycles. The van der Waals surface area contributed by atoms with Crippen LogP contribution in [0.15, 0.2) is 42.5 Å². The number of hydrogen-bond acceptors (Lipinski definition) is 4. The molecule has 3 aromatic rings. The highest BCUT2D eigenvalue weighted by atomic mass is 35.5. The molecule has 0 aliphatic rings. The van der Waals surface area contributed by atoms with E-state index in [1.165, 1.54) is 0 Å². The van der Waals surface area contributed by atoms with Crippen LogP contribution >= 0.6 is 34.8 Å². The predicted molar refractivity (Wildman–Crippen MR) is 102 cm³/mol. The fourth-order valence-corrected chi connectivity index (χ4v) is 3.01. The van der Waals surface area contributed by atoms with Gasteiger partial charge >= 0.3 is 0 Å². The predicted octanol–water partition coefficient (Wildman–Crippen LogP) is 4.80. The number of benzene rings is 2. The van der Waals surface area contributed by atoms with Crippen molar-refractivity contribution in [2.75, 3.05) is 7.11 Å². The summed E-state index contributed by atoms with van der Waals surface area (Å²) in [7, 11) is 1.54. The van der Waals surface area contributed by atoms with Crippen molar-refractivity contribution in [2.24, 2.45) is 0 Å². The van der Waals surface area contributed by atoms with E-state index in [0.717, 1.165) is 5.69 Å². The van der Waals surface area contributed by atoms with E-state index in [9.17, 15) is 4.79 Å². The average Bonchev–Trinajstić information content (AvgIpc) is 3.03. The molecule has 0 atom stereocenters. The van der Waals surface area contributed by atoms with E-state index in [0.29, 0.717) is 26.3 Å². The number of ether oxygens (including phenoxy) is 1. The normalized spacial score (nSPS) is 10.9. The van der Waals surface area contributed by atoms with Crippen molar-refractivity contribution in [3.63, 3.8) is 0 Å².